The average Bonchev–Trinajstić information content (AvgIpc) is 2.55. The molecule has 3 aliphatic carbocycles. The van der Waals surface area contributed by atoms with E-state index in [9.17, 15) is 0 Å². The second kappa shape index (κ2) is 3.74. The van der Waals surface area contributed by atoms with Gasteiger partial charge in [-0.15, -0.1) is 0 Å². The molecule has 0 nitrogen and oxygen atoms in total. The molecule has 3 rings (SSSR count). The van der Waals surface area contributed by atoms with Crippen molar-refractivity contribution >= 4 is 0 Å². The van der Waals surface area contributed by atoms with Crippen LogP contribution in [-0.4, -0.2) is 0 Å². The van der Waals surface area contributed by atoms with Crippen LogP contribution in [0.4, 0.5) is 0 Å². The van der Waals surface area contributed by atoms with Crippen LogP contribution in [0.2, 0.25) is 3.63 Å². The van der Waals surface area contributed by atoms with E-state index in [1.165, 1.54) is 25.7 Å². The fourth-order valence-corrected chi connectivity index (χ4v) is 5.66. The summed E-state index contributed by atoms with van der Waals surface area (Å²) in [5.41, 5.74) is 0. The molecule has 0 amide bonds. The van der Waals surface area contributed by atoms with E-state index in [0.29, 0.717) is 0 Å². The van der Waals surface area contributed by atoms with Gasteiger partial charge in [-0.2, -0.15) is 0 Å². The van der Waals surface area contributed by atoms with Gasteiger partial charge in [0.1, 0.15) is 0 Å². The number of fused-ring (bicyclic) bond motifs is 3. The van der Waals surface area contributed by atoms with Crippen LogP contribution in [0.15, 0.2) is 24.3 Å². The third-order valence-electron chi connectivity index (χ3n) is 4.47. The molecule has 0 saturated heterocycles. The number of hydrogen-bond acceptors (Lipinski definition) is 0. The summed E-state index contributed by atoms with van der Waals surface area (Å²) < 4.78 is 1.03. The van der Waals surface area contributed by atoms with Gasteiger partial charge >= 0.3 is 102 Å². The zero-order valence-electron chi connectivity index (χ0n) is 10.5. The van der Waals surface area contributed by atoms with Crippen molar-refractivity contribution in [3.63, 3.8) is 0 Å². The second-order valence-corrected chi connectivity index (χ2v) is 6.70. The van der Waals surface area contributed by atoms with Crippen LogP contribution < -0.4 is 0 Å². The topological polar surface area (TPSA) is 0 Å². The molecule has 0 aromatic carbocycles. The van der Waals surface area contributed by atoms with Crippen molar-refractivity contribution in [2.24, 2.45) is 23.7 Å². The average molecular weight is 267 g/mol. The third-order valence-corrected chi connectivity index (χ3v) is 6.47. The minimum absolute atomic E-state index is 0. The molecule has 0 aliphatic heterocycles. The molecule has 0 aromatic rings. The van der Waals surface area contributed by atoms with Gasteiger partial charge in [0.25, 0.3) is 0 Å². The zero-order valence-corrected chi connectivity index (χ0v) is 11.0. The molecule has 2 saturated carbocycles. The van der Waals surface area contributed by atoms with Crippen molar-refractivity contribution in [2.75, 3.05) is 0 Å². The first-order chi connectivity index (χ1) is 6.88. The van der Waals surface area contributed by atoms with Gasteiger partial charge in [0.05, 0.1) is 0 Å². The van der Waals surface area contributed by atoms with E-state index in [1.54, 1.807) is 24.7 Å². The maximum absolute atomic E-state index is 2.50. The Balaban J connectivity index is 0.000000640. The van der Waals surface area contributed by atoms with Crippen molar-refractivity contribution in [2.45, 2.75) is 29.3 Å². The van der Waals surface area contributed by atoms with Crippen LogP contribution in [0.1, 0.15) is 28.5 Å². The van der Waals surface area contributed by atoms with Crippen LogP contribution in [-0.2, 0) is 24.7 Å². The summed E-state index contributed by atoms with van der Waals surface area (Å²) in [6, 6.07) is 0. The van der Waals surface area contributed by atoms with E-state index in [1.807, 2.05) is 0 Å². The molecule has 14 heavy (non-hydrogen) atoms. The van der Waals surface area contributed by atoms with Crippen molar-refractivity contribution < 1.29 is 27.6 Å². The van der Waals surface area contributed by atoms with Gasteiger partial charge in [-0.25, -0.2) is 0 Å². The van der Waals surface area contributed by atoms with Crippen LogP contribution in [0, 0.1) is 23.7 Å². The van der Waals surface area contributed by atoms with E-state index in [4.69, 9.17) is 0 Å². The van der Waals surface area contributed by atoms with E-state index in [-0.39, 0.29) is 2.85 Å². The molecule has 1 heteroatoms. The van der Waals surface area contributed by atoms with Gasteiger partial charge in [0.15, 0.2) is 0 Å². The molecule has 2 fully saturated rings. The Morgan fingerprint density at radius 3 is 2.36 bits per heavy atom. The Morgan fingerprint density at radius 1 is 0.929 bits per heavy atom. The standard InChI is InChI=1S/C13H17.Zr.2H/c1-3-7-12-10(5-1)9-11-6-2-4-8-13(11)12;;;/h1,3,5,7,9-13H,2,4,6,8H2;;;/q;+2;2*-1. The second-order valence-electron chi connectivity index (χ2n) is 5.06. The first-order valence-corrected chi connectivity index (χ1v) is 7.36. The molecule has 0 spiro atoms. The van der Waals surface area contributed by atoms with Crippen LogP contribution in [0.3, 0.4) is 0 Å². The molecular formula is C13H19Zr. The molecule has 0 radical (unpaired) electrons. The molecule has 0 aromatic heterocycles. The Labute approximate surface area is 105 Å². The van der Waals surface area contributed by atoms with E-state index < -0.39 is 0 Å². The molecule has 5 atom stereocenters. The summed E-state index contributed by atoms with van der Waals surface area (Å²) >= 11 is 1.79. The summed E-state index contributed by atoms with van der Waals surface area (Å²) in [6.07, 6.45) is 15.6. The van der Waals surface area contributed by atoms with Crippen molar-refractivity contribution in [1.29, 1.82) is 0 Å². The molecule has 0 bridgehead atoms. The molecular weight excluding hydrogens is 247 g/mol. The summed E-state index contributed by atoms with van der Waals surface area (Å²) in [4.78, 5) is 0. The number of allylic oxidation sites excluding steroid dienone is 4. The van der Waals surface area contributed by atoms with Crippen LogP contribution >= 0.6 is 0 Å². The van der Waals surface area contributed by atoms with Crippen molar-refractivity contribution in [3.05, 3.63) is 24.3 Å². The molecule has 5 unspecified atom stereocenters. The van der Waals surface area contributed by atoms with Gasteiger partial charge in [-0.05, 0) is 0 Å². The Hall–Kier alpha value is 0.363. The van der Waals surface area contributed by atoms with Crippen LogP contribution in [0.25, 0.3) is 0 Å². The summed E-state index contributed by atoms with van der Waals surface area (Å²) in [7, 11) is 0. The fourth-order valence-electron chi connectivity index (χ4n) is 3.83. The monoisotopic (exact) mass is 265 g/mol. The first kappa shape index (κ1) is 9.58. The van der Waals surface area contributed by atoms with Gasteiger partial charge in [0, 0.05) is 0 Å². The predicted molar refractivity (Wildman–Crippen MR) is 56.7 cm³/mol. The Bertz CT molecular complexity index is 288. The van der Waals surface area contributed by atoms with Gasteiger partial charge in [0.2, 0.25) is 0 Å². The molecule has 0 heterocycles. The molecule has 75 valence electrons. The zero-order chi connectivity index (χ0) is 9.54. The van der Waals surface area contributed by atoms with E-state index in [0.717, 1.165) is 27.3 Å². The maximum atomic E-state index is 2.50. The van der Waals surface area contributed by atoms with Gasteiger partial charge < -0.3 is 2.85 Å². The van der Waals surface area contributed by atoms with Crippen molar-refractivity contribution in [3.8, 4) is 0 Å². The van der Waals surface area contributed by atoms with Crippen LogP contribution in [0.5, 0.6) is 0 Å². The molecule has 0 N–H and O–H groups in total. The Morgan fingerprint density at radius 2 is 1.57 bits per heavy atom. The summed E-state index contributed by atoms with van der Waals surface area (Å²) in [5.74, 6) is 3.93. The SMILES string of the molecule is [H-].[H-].[Zr+2][CH]1C2C=CC=CC2C2CCCCC12. The van der Waals surface area contributed by atoms with Gasteiger partial charge in [-0.3, -0.25) is 0 Å². The van der Waals surface area contributed by atoms with E-state index >= 15 is 0 Å². The fraction of sp³-hybridized carbons (Fsp3) is 0.692. The quantitative estimate of drug-likeness (QED) is 0.627. The summed E-state index contributed by atoms with van der Waals surface area (Å²) in [6.45, 7) is 0. The molecule has 3 aliphatic rings. The van der Waals surface area contributed by atoms with E-state index in [2.05, 4.69) is 24.3 Å². The number of rotatable bonds is 0. The number of hydrogen-bond donors (Lipinski definition) is 0. The van der Waals surface area contributed by atoms with Crippen molar-refractivity contribution in [1.82, 2.24) is 0 Å². The third kappa shape index (κ3) is 1.35. The van der Waals surface area contributed by atoms with Gasteiger partial charge in [-0.1, -0.05) is 0 Å². The first-order valence-electron chi connectivity index (χ1n) is 5.94. The normalized spacial score (nSPS) is 50.3. The predicted octanol–water partition coefficient (Wildman–Crippen LogP) is 3.73. The summed E-state index contributed by atoms with van der Waals surface area (Å²) in [5, 5.41) is 0. The Kier molecular flexibility index (Phi) is 2.56. The minimum atomic E-state index is 0.